The zero-order chi connectivity index (χ0) is 15.6. The minimum absolute atomic E-state index is 0.150. The Labute approximate surface area is 126 Å². The van der Waals surface area contributed by atoms with Crippen LogP contribution >= 0.6 is 22.9 Å². The van der Waals surface area contributed by atoms with E-state index in [1.807, 2.05) is 0 Å². The molecule has 0 aliphatic carbocycles. The maximum atomic E-state index is 12.8. The molecular formula is C12H8ClF3N2O2S. The van der Waals surface area contributed by atoms with E-state index < -0.39 is 22.4 Å². The van der Waals surface area contributed by atoms with E-state index >= 15 is 0 Å². The molecule has 0 saturated heterocycles. The standard InChI is InChI=1S/C12H8ClF3N2O2S/c13-11-4-2-8(21-11)6-17-7-1-3-10(18(19)20)9(5-7)12(14,15)16/h1-5,17H,6H2. The molecule has 0 aliphatic heterocycles. The molecule has 0 atom stereocenters. The van der Waals surface area contributed by atoms with Gasteiger partial charge in [-0.2, -0.15) is 13.2 Å². The third-order valence-corrected chi connectivity index (χ3v) is 3.83. The van der Waals surface area contributed by atoms with Crippen molar-refractivity contribution in [1.82, 2.24) is 0 Å². The van der Waals surface area contributed by atoms with E-state index in [1.165, 1.54) is 17.4 Å². The van der Waals surface area contributed by atoms with Crippen molar-refractivity contribution in [2.45, 2.75) is 12.7 Å². The van der Waals surface area contributed by atoms with E-state index in [2.05, 4.69) is 5.32 Å². The first-order chi connectivity index (χ1) is 9.77. The summed E-state index contributed by atoms with van der Waals surface area (Å²) < 4.78 is 39.0. The van der Waals surface area contributed by atoms with Gasteiger partial charge in [0.05, 0.1) is 9.26 Å². The molecule has 1 N–H and O–H groups in total. The van der Waals surface area contributed by atoms with E-state index in [1.54, 1.807) is 12.1 Å². The first kappa shape index (κ1) is 15.6. The number of nitro groups is 1. The molecule has 0 amide bonds. The number of anilines is 1. The largest absolute Gasteiger partial charge is 0.423 e. The van der Waals surface area contributed by atoms with Crippen LogP contribution in [0, 0.1) is 10.1 Å². The molecule has 4 nitrogen and oxygen atoms in total. The Morgan fingerprint density at radius 3 is 2.52 bits per heavy atom. The molecule has 21 heavy (non-hydrogen) atoms. The number of hydrogen-bond acceptors (Lipinski definition) is 4. The molecule has 112 valence electrons. The van der Waals surface area contributed by atoms with Crippen LogP contribution in [0.1, 0.15) is 10.4 Å². The summed E-state index contributed by atoms with van der Waals surface area (Å²) in [6.45, 7) is 0.284. The second-order valence-electron chi connectivity index (χ2n) is 4.05. The highest BCUT2D eigenvalue weighted by atomic mass is 35.5. The van der Waals surface area contributed by atoms with Gasteiger partial charge in [-0.05, 0) is 24.3 Å². The molecule has 9 heteroatoms. The Bertz CT molecular complexity index is 673. The van der Waals surface area contributed by atoms with Gasteiger partial charge >= 0.3 is 6.18 Å². The van der Waals surface area contributed by atoms with Crippen LogP contribution < -0.4 is 5.32 Å². The number of nitro benzene ring substituents is 1. The Morgan fingerprint density at radius 1 is 1.29 bits per heavy atom. The molecule has 1 aromatic carbocycles. The first-order valence-corrected chi connectivity index (χ1v) is 6.80. The fraction of sp³-hybridized carbons (Fsp3) is 0.167. The average Bonchev–Trinajstić information content (AvgIpc) is 2.81. The second kappa shape index (κ2) is 5.90. The monoisotopic (exact) mass is 336 g/mol. The number of thiophene rings is 1. The van der Waals surface area contributed by atoms with E-state index in [0.29, 0.717) is 4.34 Å². The predicted octanol–water partition coefficient (Wildman–Crippen LogP) is 4.94. The Kier molecular flexibility index (Phi) is 4.38. The maximum absolute atomic E-state index is 12.8. The van der Waals surface area contributed by atoms with Gasteiger partial charge in [0.1, 0.15) is 5.56 Å². The molecule has 1 heterocycles. The van der Waals surface area contributed by atoms with Crippen LogP contribution in [0.3, 0.4) is 0 Å². The van der Waals surface area contributed by atoms with Crippen LogP contribution in [0.25, 0.3) is 0 Å². The van der Waals surface area contributed by atoms with Crippen LogP contribution in [-0.4, -0.2) is 4.92 Å². The molecule has 2 aromatic rings. The van der Waals surface area contributed by atoms with E-state index in [9.17, 15) is 23.3 Å². The highest BCUT2D eigenvalue weighted by Gasteiger charge is 2.38. The normalized spacial score (nSPS) is 11.4. The van der Waals surface area contributed by atoms with Crippen LogP contribution in [0.4, 0.5) is 24.5 Å². The van der Waals surface area contributed by atoms with Crippen molar-refractivity contribution in [3.8, 4) is 0 Å². The number of halogens is 4. The van der Waals surface area contributed by atoms with Crippen LogP contribution in [0.5, 0.6) is 0 Å². The van der Waals surface area contributed by atoms with Crippen molar-refractivity contribution in [2.75, 3.05) is 5.32 Å². The average molecular weight is 337 g/mol. The van der Waals surface area contributed by atoms with Crippen LogP contribution in [0.15, 0.2) is 30.3 Å². The molecule has 0 unspecified atom stereocenters. The van der Waals surface area contributed by atoms with Gasteiger partial charge in [-0.1, -0.05) is 11.6 Å². The van der Waals surface area contributed by atoms with Gasteiger partial charge in [-0.3, -0.25) is 10.1 Å². The summed E-state index contributed by atoms with van der Waals surface area (Å²) in [4.78, 5) is 10.4. The van der Waals surface area contributed by atoms with Crippen molar-refractivity contribution < 1.29 is 18.1 Å². The van der Waals surface area contributed by atoms with Gasteiger partial charge in [0.2, 0.25) is 0 Å². The van der Waals surface area contributed by atoms with E-state index in [-0.39, 0.29) is 12.2 Å². The van der Waals surface area contributed by atoms with Crippen molar-refractivity contribution in [3.63, 3.8) is 0 Å². The summed E-state index contributed by atoms with van der Waals surface area (Å²) in [6.07, 6.45) is -4.79. The highest BCUT2D eigenvalue weighted by molar-refractivity contribution is 7.16. The van der Waals surface area contributed by atoms with Gasteiger partial charge in [-0.15, -0.1) is 11.3 Å². The Morgan fingerprint density at radius 2 is 2.00 bits per heavy atom. The molecule has 1 aromatic heterocycles. The molecule has 0 bridgehead atoms. The Balaban J connectivity index is 2.23. The molecule has 0 aliphatic rings. The molecule has 0 spiro atoms. The maximum Gasteiger partial charge on any atom is 0.423 e. The van der Waals surface area contributed by atoms with Gasteiger partial charge in [-0.25, -0.2) is 0 Å². The summed E-state index contributed by atoms with van der Waals surface area (Å²) in [6, 6.07) is 6.23. The lowest BCUT2D eigenvalue weighted by molar-refractivity contribution is -0.388. The van der Waals surface area contributed by atoms with Gasteiger partial charge in [0.25, 0.3) is 5.69 Å². The minimum atomic E-state index is -4.79. The molecule has 0 radical (unpaired) electrons. The van der Waals surface area contributed by atoms with Crippen molar-refractivity contribution in [3.05, 3.63) is 55.2 Å². The summed E-state index contributed by atoms with van der Waals surface area (Å²) in [5, 5.41) is 13.4. The summed E-state index contributed by atoms with van der Waals surface area (Å²) in [7, 11) is 0. The van der Waals surface area contributed by atoms with Crippen molar-refractivity contribution >= 4 is 34.3 Å². The van der Waals surface area contributed by atoms with Crippen molar-refractivity contribution in [1.29, 1.82) is 0 Å². The molecule has 0 saturated carbocycles. The minimum Gasteiger partial charge on any atom is -0.380 e. The van der Waals surface area contributed by atoms with Gasteiger partial charge in [0, 0.05) is 23.2 Å². The lowest BCUT2D eigenvalue weighted by atomic mass is 10.1. The number of nitrogens with one attached hydrogen (secondary N) is 1. The fourth-order valence-corrected chi connectivity index (χ4v) is 2.70. The summed E-state index contributed by atoms with van der Waals surface area (Å²) in [5.74, 6) is 0. The predicted molar refractivity (Wildman–Crippen MR) is 74.8 cm³/mol. The molecule has 0 fully saturated rings. The summed E-state index contributed by atoms with van der Waals surface area (Å²) >= 11 is 7.05. The lowest BCUT2D eigenvalue weighted by Gasteiger charge is -2.10. The molecule has 2 rings (SSSR count). The smallest absolute Gasteiger partial charge is 0.380 e. The second-order valence-corrected chi connectivity index (χ2v) is 5.85. The van der Waals surface area contributed by atoms with Crippen LogP contribution in [0.2, 0.25) is 4.34 Å². The van der Waals surface area contributed by atoms with Gasteiger partial charge < -0.3 is 5.32 Å². The van der Waals surface area contributed by atoms with E-state index in [0.717, 1.165) is 17.0 Å². The Hall–Kier alpha value is -1.80. The third-order valence-electron chi connectivity index (χ3n) is 2.59. The number of benzene rings is 1. The number of rotatable bonds is 4. The molecular weight excluding hydrogens is 329 g/mol. The zero-order valence-corrected chi connectivity index (χ0v) is 11.9. The zero-order valence-electron chi connectivity index (χ0n) is 10.3. The fourth-order valence-electron chi connectivity index (χ4n) is 1.67. The topological polar surface area (TPSA) is 55.2 Å². The number of nitrogens with zero attached hydrogens (tertiary/aromatic N) is 1. The number of alkyl halides is 3. The summed E-state index contributed by atoms with van der Waals surface area (Å²) in [5.41, 5.74) is -2.09. The highest BCUT2D eigenvalue weighted by Crippen LogP contribution is 2.37. The first-order valence-electron chi connectivity index (χ1n) is 5.61. The van der Waals surface area contributed by atoms with Crippen LogP contribution in [-0.2, 0) is 12.7 Å². The van der Waals surface area contributed by atoms with Gasteiger partial charge in [0.15, 0.2) is 0 Å². The lowest BCUT2D eigenvalue weighted by Crippen LogP contribution is -2.10. The third kappa shape index (κ3) is 3.85. The SMILES string of the molecule is O=[N+]([O-])c1ccc(NCc2ccc(Cl)s2)cc1C(F)(F)F. The van der Waals surface area contributed by atoms with Crippen molar-refractivity contribution in [2.24, 2.45) is 0 Å². The van der Waals surface area contributed by atoms with E-state index in [4.69, 9.17) is 11.6 Å². The quantitative estimate of drug-likeness (QED) is 0.635. The number of hydrogen-bond donors (Lipinski definition) is 1.